The van der Waals surface area contributed by atoms with Crippen LogP contribution in [0.1, 0.15) is 5.56 Å². The Bertz CT molecular complexity index is 706. The number of aliphatic carboxylic acids is 1. The first-order valence-electron chi connectivity index (χ1n) is 6.35. The minimum atomic E-state index is -1.08. The number of methoxy groups -OCH3 is 1. The van der Waals surface area contributed by atoms with Gasteiger partial charge in [0.1, 0.15) is 12.3 Å². The molecule has 0 saturated heterocycles. The summed E-state index contributed by atoms with van der Waals surface area (Å²) in [5.74, 6) is -0.900. The lowest BCUT2D eigenvalue weighted by atomic mass is 10.0. The van der Waals surface area contributed by atoms with Crippen molar-refractivity contribution < 1.29 is 19.4 Å². The van der Waals surface area contributed by atoms with E-state index in [0.29, 0.717) is 5.75 Å². The van der Waals surface area contributed by atoms with E-state index in [9.17, 15) is 9.59 Å². The Labute approximate surface area is 121 Å². The van der Waals surface area contributed by atoms with Gasteiger partial charge in [0.25, 0.3) is 0 Å². The number of carbonyl (C=O) groups is 2. The molecule has 0 fully saturated rings. The van der Waals surface area contributed by atoms with Gasteiger partial charge in [-0.05, 0) is 22.9 Å². The van der Waals surface area contributed by atoms with Gasteiger partial charge < -0.3 is 15.2 Å². The number of hydrogen-bond donors (Lipinski definition) is 2. The van der Waals surface area contributed by atoms with Crippen LogP contribution in [0.5, 0.6) is 5.75 Å². The Morgan fingerprint density at radius 2 is 2.00 bits per heavy atom. The summed E-state index contributed by atoms with van der Waals surface area (Å²) in [5, 5.41) is 12.8. The minimum Gasteiger partial charge on any atom is -0.496 e. The molecule has 0 spiro atoms. The van der Waals surface area contributed by atoms with Crippen LogP contribution in [0.25, 0.3) is 16.8 Å². The van der Waals surface area contributed by atoms with Crippen LogP contribution in [0, 0.1) is 0 Å². The number of carboxylic acid groups (broad SMARTS) is 1. The fourth-order valence-electron chi connectivity index (χ4n) is 2.01. The van der Waals surface area contributed by atoms with E-state index in [1.807, 2.05) is 36.4 Å². The Morgan fingerprint density at radius 1 is 1.24 bits per heavy atom. The Morgan fingerprint density at radius 3 is 2.71 bits per heavy atom. The van der Waals surface area contributed by atoms with Crippen molar-refractivity contribution in [3.63, 3.8) is 0 Å². The van der Waals surface area contributed by atoms with Gasteiger partial charge in [0.2, 0.25) is 5.91 Å². The average Bonchev–Trinajstić information content (AvgIpc) is 2.50. The smallest absolute Gasteiger partial charge is 0.322 e. The molecule has 5 heteroatoms. The zero-order valence-electron chi connectivity index (χ0n) is 11.5. The first kappa shape index (κ1) is 14.6. The maximum Gasteiger partial charge on any atom is 0.322 e. The standard InChI is InChI=1S/C16H15NO4/c1-21-14-8-6-11-4-2-3-5-12(11)13(14)7-9-15(18)17-10-16(19)20/h2-9H,10H2,1H3,(H,17,18)(H,19,20)/b9-7+. The summed E-state index contributed by atoms with van der Waals surface area (Å²) in [5.41, 5.74) is 0.779. The molecule has 0 aliphatic heterocycles. The lowest BCUT2D eigenvalue weighted by molar-refractivity contribution is -0.137. The van der Waals surface area contributed by atoms with Crippen LogP contribution in [0.15, 0.2) is 42.5 Å². The van der Waals surface area contributed by atoms with Gasteiger partial charge in [-0.15, -0.1) is 0 Å². The monoisotopic (exact) mass is 285 g/mol. The second kappa shape index (κ2) is 6.56. The van der Waals surface area contributed by atoms with E-state index in [1.165, 1.54) is 6.08 Å². The van der Waals surface area contributed by atoms with Crippen molar-refractivity contribution in [2.45, 2.75) is 0 Å². The number of nitrogens with one attached hydrogen (secondary N) is 1. The predicted octanol–water partition coefficient (Wildman–Crippen LogP) is 2.06. The summed E-state index contributed by atoms with van der Waals surface area (Å²) < 4.78 is 5.31. The van der Waals surface area contributed by atoms with Crippen molar-refractivity contribution in [3.8, 4) is 5.75 Å². The molecule has 0 aliphatic rings. The van der Waals surface area contributed by atoms with Gasteiger partial charge in [0, 0.05) is 11.6 Å². The molecule has 0 aromatic heterocycles. The van der Waals surface area contributed by atoms with Gasteiger partial charge in [-0.25, -0.2) is 0 Å². The third-order valence-corrected chi connectivity index (χ3v) is 2.97. The molecule has 0 atom stereocenters. The number of hydrogen-bond acceptors (Lipinski definition) is 3. The number of amides is 1. The molecular formula is C16H15NO4. The molecule has 5 nitrogen and oxygen atoms in total. The van der Waals surface area contributed by atoms with Gasteiger partial charge in [-0.3, -0.25) is 9.59 Å². The molecule has 2 rings (SSSR count). The second-order valence-corrected chi connectivity index (χ2v) is 4.35. The molecule has 0 radical (unpaired) electrons. The summed E-state index contributed by atoms with van der Waals surface area (Å²) >= 11 is 0. The SMILES string of the molecule is COc1ccc2ccccc2c1/C=C/C(=O)NCC(=O)O. The van der Waals surface area contributed by atoms with Crippen molar-refractivity contribution in [1.82, 2.24) is 5.32 Å². The van der Waals surface area contributed by atoms with Gasteiger partial charge in [-0.2, -0.15) is 0 Å². The summed E-state index contributed by atoms with van der Waals surface area (Å²) in [6.45, 7) is -0.407. The Hall–Kier alpha value is -2.82. The van der Waals surface area contributed by atoms with Crippen LogP contribution in [-0.2, 0) is 9.59 Å². The lowest BCUT2D eigenvalue weighted by Crippen LogP contribution is -2.27. The Balaban J connectivity index is 2.32. The largest absolute Gasteiger partial charge is 0.496 e. The fourth-order valence-corrected chi connectivity index (χ4v) is 2.01. The van der Waals surface area contributed by atoms with Crippen LogP contribution in [-0.4, -0.2) is 30.6 Å². The number of rotatable bonds is 5. The molecule has 0 aliphatic carbocycles. The highest BCUT2D eigenvalue weighted by molar-refractivity contribution is 5.99. The fraction of sp³-hybridized carbons (Fsp3) is 0.125. The molecule has 0 bridgehead atoms. The van der Waals surface area contributed by atoms with E-state index in [-0.39, 0.29) is 0 Å². The maximum absolute atomic E-state index is 11.6. The first-order valence-corrected chi connectivity index (χ1v) is 6.35. The van der Waals surface area contributed by atoms with Gasteiger partial charge in [0.15, 0.2) is 0 Å². The van der Waals surface area contributed by atoms with Crippen molar-refractivity contribution >= 4 is 28.7 Å². The van der Waals surface area contributed by atoms with E-state index in [2.05, 4.69) is 5.32 Å². The van der Waals surface area contributed by atoms with E-state index in [4.69, 9.17) is 9.84 Å². The van der Waals surface area contributed by atoms with E-state index in [1.54, 1.807) is 13.2 Å². The molecule has 2 N–H and O–H groups in total. The third-order valence-electron chi connectivity index (χ3n) is 2.97. The predicted molar refractivity (Wildman–Crippen MR) is 80.2 cm³/mol. The number of fused-ring (bicyclic) bond motifs is 1. The van der Waals surface area contributed by atoms with Gasteiger partial charge >= 0.3 is 5.97 Å². The van der Waals surface area contributed by atoms with Crippen LogP contribution < -0.4 is 10.1 Å². The number of carboxylic acids is 1. The summed E-state index contributed by atoms with van der Waals surface area (Å²) in [7, 11) is 1.56. The third kappa shape index (κ3) is 3.60. The quantitative estimate of drug-likeness (QED) is 0.825. The minimum absolute atomic E-state index is 0.407. The van der Waals surface area contributed by atoms with Gasteiger partial charge in [0.05, 0.1) is 7.11 Å². The van der Waals surface area contributed by atoms with Crippen molar-refractivity contribution in [3.05, 3.63) is 48.0 Å². The van der Waals surface area contributed by atoms with Crippen LogP contribution >= 0.6 is 0 Å². The van der Waals surface area contributed by atoms with Crippen molar-refractivity contribution in [2.75, 3.05) is 13.7 Å². The number of ether oxygens (including phenoxy) is 1. The molecule has 0 heterocycles. The summed E-state index contributed by atoms with van der Waals surface area (Å²) in [4.78, 5) is 21.9. The van der Waals surface area contributed by atoms with Crippen LogP contribution in [0.4, 0.5) is 0 Å². The van der Waals surface area contributed by atoms with E-state index >= 15 is 0 Å². The molecule has 2 aromatic rings. The average molecular weight is 285 g/mol. The Kier molecular flexibility index (Phi) is 4.56. The molecular weight excluding hydrogens is 270 g/mol. The lowest BCUT2D eigenvalue weighted by Gasteiger charge is -2.08. The highest BCUT2D eigenvalue weighted by atomic mass is 16.5. The van der Waals surface area contributed by atoms with E-state index < -0.39 is 18.4 Å². The van der Waals surface area contributed by atoms with Crippen molar-refractivity contribution in [2.24, 2.45) is 0 Å². The molecule has 0 unspecified atom stereocenters. The highest BCUT2D eigenvalue weighted by Crippen LogP contribution is 2.28. The first-order chi connectivity index (χ1) is 10.1. The molecule has 108 valence electrons. The highest BCUT2D eigenvalue weighted by Gasteiger charge is 2.06. The van der Waals surface area contributed by atoms with Crippen molar-refractivity contribution in [1.29, 1.82) is 0 Å². The number of carbonyl (C=O) groups excluding carboxylic acids is 1. The summed E-state index contributed by atoms with van der Waals surface area (Å²) in [6.07, 6.45) is 2.92. The number of benzene rings is 2. The molecule has 0 saturated carbocycles. The zero-order chi connectivity index (χ0) is 15.2. The van der Waals surface area contributed by atoms with E-state index in [0.717, 1.165) is 16.3 Å². The summed E-state index contributed by atoms with van der Waals surface area (Å²) in [6, 6.07) is 11.5. The van der Waals surface area contributed by atoms with Crippen LogP contribution in [0.2, 0.25) is 0 Å². The van der Waals surface area contributed by atoms with Crippen LogP contribution in [0.3, 0.4) is 0 Å². The molecule has 21 heavy (non-hydrogen) atoms. The normalized spacial score (nSPS) is 10.7. The topological polar surface area (TPSA) is 75.6 Å². The van der Waals surface area contributed by atoms with Gasteiger partial charge in [-0.1, -0.05) is 30.3 Å². The molecule has 1 amide bonds. The zero-order valence-corrected chi connectivity index (χ0v) is 11.5. The second-order valence-electron chi connectivity index (χ2n) is 4.35. The maximum atomic E-state index is 11.6. The molecule has 2 aromatic carbocycles.